The van der Waals surface area contributed by atoms with E-state index in [0.717, 1.165) is 36.1 Å². The smallest absolute Gasteiger partial charge is 0.0847 e. The minimum absolute atomic E-state index is 0.646. The highest BCUT2D eigenvalue weighted by Crippen LogP contribution is 2.36. The molecule has 0 saturated heterocycles. The van der Waals surface area contributed by atoms with Crippen molar-refractivity contribution in [2.24, 2.45) is 23.5 Å². The maximum absolute atomic E-state index is 6.42. The minimum atomic E-state index is 0.646. The average molecular weight is 284 g/mol. The van der Waals surface area contributed by atoms with Gasteiger partial charge >= 0.3 is 0 Å². The molecule has 1 aliphatic carbocycles. The zero-order chi connectivity index (χ0) is 14.0. The molecule has 2 rings (SSSR count). The van der Waals surface area contributed by atoms with E-state index < -0.39 is 0 Å². The van der Waals surface area contributed by atoms with Gasteiger partial charge in [0.1, 0.15) is 0 Å². The van der Waals surface area contributed by atoms with Crippen molar-refractivity contribution < 1.29 is 0 Å². The van der Waals surface area contributed by atoms with Gasteiger partial charge in [-0.3, -0.25) is 4.68 Å². The number of aryl methyl sites for hydroxylation is 2. The van der Waals surface area contributed by atoms with Crippen LogP contribution in [0.15, 0.2) is 0 Å². The van der Waals surface area contributed by atoms with E-state index in [-0.39, 0.29) is 0 Å². The van der Waals surface area contributed by atoms with Gasteiger partial charge in [-0.25, -0.2) is 0 Å². The maximum Gasteiger partial charge on any atom is 0.0847 e. The number of hydrogen-bond donors (Lipinski definition) is 1. The van der Waals surface area contributed by atoms with Gasteiger partial charge in [0, 0.05) is 6.54 Å². The molecular formula is C15H26ClN3. The fourth-order valence-electron chi connectivity index (χ4n) is 3.43. The van der Waals surface area contributed by atoms with Crippen molar-refractivity contribution in [1.29, 1.82) is 0 Å². The maximum atomic E-state index is 6.42. The predicted molar refractivity (Wildman–Crippen MR) is 80.4 cm³/mol. The van der Waals surface area contributed by atoms with Crippen LogP contribution in [0.25, 0.3) is 0 Å². The molecule has 0 spiro atoms. The lowest BCUT2D eigenvalue weighted by molar-refractivity contribution is 0.190. The van der Waals surface area contributed by atoms with Gasteiger partial charge < -0.3 is 5.73 Å². The summed E-state index contributed by atoms with van der Waals surface area (Å²) in [6.07, 6.45) is 4.88. The second-order valence-corrected chi connectivity index (χ2v) is 6.42. The summed E-state index contributed by atoms with van der Waals surface area (Å²) in [4.78, 5) is 0. The van der Waals surface area contributed by atoms with Gasteiger partial charge in [0.2, 0.25) is 0 Å². The molecule has 108 valence electrons. The number of nitrogens with zero attached hydrogens (tertiary/aromatic N) is 2. The molecule has 1 fully saturated rings. The Hall–Kier alpha value is -0.540. The van der Waals surface area contributed by atoms with Crippen molar-refractivity contribution in [3.8, 4) is 0 Å². The summed E-state index contributed by atoms with van der Waals surface area (Å²) in [5.41, 5.74) is 8.11. The summed E-state index contributed by atoms with van der Waals surface area (Å²) in [6, 6.07) is 0. The third kappa shape index (κ3) is 3.14. The van der Waals surface area contributed by atoms with Crippen molar-refractivity contribution in [3.63, 3.8) is 0 Å². The molecular weight excluding hydrogens is 258 g/mol. The molecule has 1 aliphatic rings. The number of halogens is 1. The number of hydrogen-bond acceptors (Lipinski definition) is 2. The van der Waals surface area contributed by atoms with Crippen LogP contribution < -0.4 is 5.73 Å². The molecule has 1 heterocycles. The van der Waals surface area contributed by atoms with Crippen LogP contribution in [-0.4, -0.2) is 16.3 Å². The summed E-state index contributed by atoms with van der Waals surface area (Å²) in [5, 5.41) is 5.37. The van der Waals surface area contributed by atoms with E-state index >= 15 is 0 Å². The van der Waals surface area contributed by atoms with E-state index in [1.165, 1.54) is 25.0 Å². The molecule has 3 unspecified atom stereocenters. The molecule has 0 amide bonds. The van der Waals surface area contributed by atoms with E-state index in [9.17, 15) is 0 Å². The molecule has 2 N–H and O–H groups in total. The Balaban J connectivity index is 2.18. The second kappa shape index (κ2) is 6.27. The van der Waals surface area contributed by atoms with Crippen LogP contribution >= 0.6 is 11.6 Å². The molecule has 0 radical (unpaired) electrons. The van der Waals surface area contributed by atoms with Crippen LogP contribution in [0, 0.1) is 24.7 Å². The highest BCUT2D eigenvalue weighted by Gasteiger charge is 2.29. The summed E-state index contributed by atoms with van der Waals surface area (Å²) in [7, 11) is 0. The molecule has 4 heteroatoms. The summed E-state index contributed by atoms with van der Waals surface area (Å²) in [6.45, 7) is 8.15. The lowest BCUT2D eigenvalue weighted by Gasteiger charge is -2.34. The Bertz CT molecular complexity index is 427. The first-order chi connectivity index (χ1) is 9.06. The number of nitrogens with two attached hydrogens (primary N) is 1. The van der Waals surface area contributed by atoms with Crippen molar-refractivity contribution >= 4 is 11.6 Å². The van der Waals surface area contributed by atoms with E-state index in [1.54, 1.807) is 0 Å². The number of rotatable bonds is 4. The van der Waals surface area contributed by atoms with Gasteiger partial charge in [0.05, 0.1) is 16.4 Å². The Labute approximate surface area is 121 Å². The topological polar surface area (TPSA) is 43.8 Å². The molecule has 1 saturated carbocycles. The minimum Gasteiger partial charge on any atom is -0.330 e. The third-order valence-corrected chi connectivity index (χ3v) is 5.10. The molecule has 3 nitrogen and oxygen atoms in total. The predicted octanol–water partition coefficient (Wildman–Crippen LogP) is 3.42. The third-order valence-electron chi connectivity index (χ3n) is 4.61. The Morgan fingerprint density at radius 1 is 1.37 bits per heavy atom. The number of aromatic nitrogens is 2. The Kier molecular flexibility index (Phi) is 4.91. The average Bonchev–Trinajstić information content (AvgIpc) is 2.67. The highest BCUT2D eigenvalue weighted by atomic mass is 35.5. The first-order valence-electron chi connectivity index (χ1n) is 7.48. The van der Waals surface area contributed by atoms with Crippen molar-refractivity contribution in [2.45, 2.75) is 53.0 Å². The molecule has 1 aromatic heterocycles. The molecule has 0 bridgehead atoms. The second-order valence-electron chi connectivity index (χ2n) is 6.04. The molecule has 1 aromatic rings. The van der Waals surface area contributed by atoms with Gasteiger partial charge in [-0.1, -0.05) is 24.9 Å². The van der Waals surface area contributed by atoms with Crippen LogP contribution in [0.3, 0.4) is 0 Å². The molecule has 0 aliphatic heterocycles. The van der Waals surface area contributed by atoms with E-state index in [1.807, 2.05) is 6.92 Å². The van der Waals surface area contributed by atoms with Crippen molar-refractivity contribution in [2.75, 3.05) is 6.54 Å². The standard InChI is InChI=1S/C15H26ClN3/c1-4-19-14(15(16)11(3)18-19)8-13-7-10(2)5-6-12(13)9-17/h10,12-13H,4-9,17H2,1-3H3. The van der Waals surface area contributed by atoms with Crippen molar-refractivity contribution in [3.05, 3.63) is 16.4 Å². The fraction of sp³-hybridized carbons (Fsp3) is 0.800. The monoisotopic (exact) mass is 283 g/mol. The zero-order valence-corrected chi connectivity index (χ0v) is 13.1. The normalized spacial score (nSPS) is 27.7. The van der Waals surface area contributed by atoms with E-state index in [2.05, 4.69) is 23.6 Å². The largest absolute Gasteiger partial charge is 0.330 e. The van der Waals surface area contributed by atoms with Gasteiger partial charge in [-0.15, -0.1) is 0 Å². The van der Waals surface area contributed by atoms with Crippen LogP contribution in [-0.2, 0) is 13.0 Å². The summed E-state index contributed by atoms with van der Waals surface area (Å²) >= 11 is 6.42. The lowest BCUT2D eigenvalue weighted by atomic mass is 9.73. The van der Waals surface area contributed by atoms with Gasteiger partial charge in [0.15, 0.2) is 0 Å². The van der Waals surface area contributed by atoms with Crippen LogP contribution in [0.4, 0.5) is 0 Å². The van der Waals surface area contributed by atoms with Gasteiger partial charge in [-0.05, 0) is 57.4 Å². The zero-order valence-electron chi connectivity index (χ0n) is 12.3. The first-order valence-corrected chi connectivity index (χ1v) is 7.86. The highest BCUT2D eigenvalue weighted by molar-refractivity contribution is 6.31. The van der Waals surface area contributed by atoms with Gasteiger partial charge in [-0.2, -0.15) is 5.10 Å². The summed E-state index contributed by atoms with van der Waals surface area (Å²) in [5.74, 6) is 2.12. The van der Waals surface area contributed by atoms with Crippen molar-refractivity contribution in [1.82, 2.24) is 9.78 Å². The molecule has 0 aromatic carbocycles. The Morgan fingerprint density at radius 2 is 2.11 bits per heavy atom. The van der Waals surface area contributed by atoms with Gasteiger partial charge in [0.25, 0.3) is 0 Å². The lowest BCUT2D eigenvalue weighted by Crippen LogP contribution is -2.31. The van der Waals surface area contributed by atoms with E-state index in [0.29, 0.717) is 11.8 Å². The van der Waals surface area contributed by atoms with Crippen LogP contribution in [0.1, 0.15) is 44.5 Å². The summed E-state index contributed by atoms with van der Waals surface area (Å²) < 4.78 is 2.06. The molecule has 19 heavy (non-hydrogen) atoms. The first kappa shape index (κ1) is 14.9. The van der Waals surface area contributed by atoms with E-state index in [4.69, 9.17) is 17.3 Å². The Morgan fingerprint density at radius 3 is 2.74 bits per heavy atom. The SMILES string of the molecule is CCn1nc(C)c(Cl)c1CC1CC(C)CCC1CN. The molecule has 3 atom stereocenters. The quantitative estimate of drug-likeness (QED) is 0.920. The fourth-order valence-corrected chi connectivity index (χ4v) is 3.65. The van der Waals surface area contributed by atoms with Crippen LogP contribution in [0.5, 0.6) is 0 Å². The van der Waals surface area contributed by atoms with Crippen LogP contribution in [0.2, 0.25) is 5.02 Å².